The van der Waals surface area contributed by atoms with E-state index < -0.39 is 5.54 Å². The van der Waals surface area contributed by atoms with E-state index in [2.05, 4.69) is 64.6 Å². The van der Waals surface area contributed by atoms with Crippen LogP contribution in [0.15, 0.2) is 36.0 Å². The van der Waals surface area contributed by atoms with E-state index in [1.54, 1.807) is 6.20 Å². The Balaban J connectivity index is 0.00000450. The van der Waals surface area contributed by atoms with Gasteiger partial charge in [0.2, 0.25) is 0 Å². The van der Waals surface area contributed by atoms with Gasteiger partial charge in [-0.25, -0.2) is 15.0 Å². The molecule has 2 heterocycles. The minimum absolute atomic E-state index is 0. The van der Waals surface area contributed by atoms with Crippen molar-refractivity contribution >= 4 is 52.9 Å². The summed E-state index contributed by atoms with van der Waals surface area (Å²) in [6, 6.07) is 5.67. The predicted octanol–water partition coefficient (Wildman–Crippen LogP) is 5.21. The molecule has 0 radical (unpaired) electrons. The number of anilines is 2. The minimum atomic E-state index is -0.614. The molecule has 174 valence electrons. The fraction of sp³-hybridized carbons (Fsp3) is 0.368. The SMILES string of the molecule is C=C(Nc1cccc(SNC(C)(C)C)n1)c1ncc(NC([CH2-])(C)CSO)nc1Cl.[Cm].[Cm]. The van der Waals surface area contributed by atoms with E-state index in [1.807, 2.05) is 25.1 Å². The van der Waals surface area contributed by atoms with Gasteiger partial charge in [0.15, 0.2) is 5.15 Å². The van der Waals surface area contributed by atoms with Crippen molar-refractivity contribution in [2.75, 3.05) is 16.4 Å². The molecule has 0 fully saturated rings. The molecule has 0 aliphatic rings. The maximum absolute atomic E-state index is 9.03. The van der Waals surface area contributed by atoms with Gasteiger partial charge in [-0.15, -0.1) is 0 Å². The molecule has 7 nitrogen and oxygen atoms in total. The van der Waals surface area contributed by atoms with Crippen molar-refractivity contribution in [3.8, 4) is 0 Å². The van der Waals surface area contributed by atoms with Gasteiger partial charge in [-0.2, -0.15) is 0 Å². The Morgan fingerprint density at radius 1 is 1.19 bits per heavy atom. The average Bonchev–Trinajstić information content (AvgIpc) is 2.59. The Morgan fingerprint density at radius 3 is 2.45 bits per heavy atom. The van der Waals surface area contributed by atoms with Gasteiger partial charge < -0.3 is 22.1 Å². The number of nitrogens with one attached hydrogen (secondary N) is 3. The van der Waals surface area contributed by atoms with Crippen LogP contribution in [0.5, 0.6) is 0 Å². The van der Waals surface area contributed by atoms with Crippen LogP contribution in [0.2, 0.25) is 5.15 Å². The summed E-state index contributed by atoms with van der Waals surface area (Å²) in [5.74, 6) is 1.47. The number of rotatable bonds is 9. The van der Waals surface area contributed by atoms with Crippen LogP contribution in [0.1, 0.15) is 33.4 Å². The third-order valence-corrected chi connectivity index (χ3v) is 5.47. The molecule has 1 unspecified atom stereocenters. The second-order valence-corrected chi connectivity index (χ2v) is 9.50. The van der Waals surface area contributed by atoms with Gasteiger partial charge in [0.1, 0.15) is 22.4 Å². The molecule has 12 heteroatoms. The quantitative estimate of drug-likeness (QED) is 0.154. The largest absolute Gasteiger partial charge is 0.392 e. The third-order valence-electron chi connectivity index (χ3n) is 3.29. The molecule has 4 N–H and O–H groups in total. The average molecular weight is 948 g/mol. The minimum Gasteiger partial charge on any atom is -0.392 e. The first-order chi connectivity index (χ1) is 13.5. The first kappa shape index (κ1) is 27.5. The number of nitrogens with zero attached hydrogens (tertiary/aromatic N) is 3. The predicted molar refractivity (Wildman–Crippen MR) is 125 cm³/mol. The first-order valence-electron chi connectivity index (χ1n) is 8.79. The van der Waals surface area contributed by atoms with E-state index in [4.69, 9.17) is 16.2 Å². The van der Waals surface area contributed by atoms with Crippen molar-refractivity contribution in [2.24, 2.45) is 0 Å². The summed E-state index contributed by atoms with van der Waals surface area (Å²) in [5, 5.41) is 7.23. The number of pyridine rings is 1. The van der Waals surface area contributed by atoms with E-state index in [0.29, 0.717) is 40.8 Å². The monoisotopic (exact) mass is 939 g/mol. The normalized spacial score (nSPS) is 12.7. The summed E-state index contributed by atoms with van der Waals surface area (Å²) >= 11 is 8.47. The molecule has 2 aromatic heterocycles. The number of hydrogen-bond donors (Lipinski definition) is 4. The Hall–Kier alpha value is -3.52. The summed E-state index contributed by atoms with van der Waals surface area (Å²) in [6.07, 6.45) is 1.55. The van der Waals surface area contributed by atoms with Crippen LogP contribution in [0.4, 0.5) is 11.6 Å². The van der Waals surface area contributed by atoms with E-state index in [-0.39, 0.29) is 10.7 Å². The van der Waals surface area contributed by atoms with Crippen molar-refractivity contribution in [3.05, 3.63) is 48.7 Å². The van der Waals surface area contributed by atoms with Gasteiger partial charge in [-0.05, 0) is 56.9 Å². The van der Waals surface area contributed by atoms with Crippen LogP contribution in [0.25, 0.3) is 5.70 Å². The van der Waals surface area contributed by atoms with Gasteiger partial charge >= 0.3 is 0 Å². The molecule has 0 saturated carbocycles. The molecule has 0 aliphatic carbocycles. The zero-order valence-corrected chi connectivity index (χ0v) is 25.9. The third kappa shape index (κ3) is 8.79. The van der Waals surface area contributed by atoms with Gasteiger partial charge in [0.05, 0.1) is 11.9 Å². The Bertz CT molecular complexity index is 868. The molecule has 0 aromatic carbocycles. The Labute approximate surface area is 185 Å². The molecular formula is C19H26ClCm2N6OS2-. The molecule has 0 amide bonds. The topological polar surface area (TPSA) is 95.0 Å². The molecule has 31 heavy (non-hydrogen) atoms. The summed E-state index contributed by atoms with van der Waals surface area (Å²) in [7, 11) is 0. The molecule has 2 rings (SSSR count). The summed E-state index contributed by atoms with van der Waals surface area (Å²) in [5.41, 5.74) is 0.262. The molecule has 0 spiro atoms. The molecular weight excluding hydrogens is 922 g/mol. The molecule has 0 aliphatic heterocycles. The van der Waals surface area contributed by atoms with Crippen molar-refractivity contribution < 1.29 is 4.55 Å². The molecule has 0 bridgehead atoms. The van der Waals surface area contributed by atoms with Gasteiger partial charge in [-0.1, -0.05) is 36.7 Å². The van der Waals surface area contributed by atoms with Crippen LogP contribution in [0, 0.1) is 6.92 Å². The van der Waals surface area contributed by atoms with Gasteiger partial charge in [-0.3, -0.25) is 4.72 Å². The molecule has 2 aromatic rings. The smallest absolute Gasteiger partial charge is 0.159 e. The van der Waals surface area contributed by atoms with Crippen molar-refractivity contribution in [3.63, 3.8) is 0 Å². The zero-order chi connectivity index (χ0) is 21.7. The fourth-order valence-electron chi connectivity index (χ4n) is 2.08. The maximum Gasteiger partial charge on any atom is 0.159 e. The van der Waals surface area contributed by atoms with E-state index in [0.717, 1.165) is 5.03 Å². The summed E-state index contributed by atoms with van der Waals surface area (Å²) < 4.78 is 12.4. The zero-order valence-electron chi connectivity index (χ0n) is 17.6. The van der Waals surface area contributed by atoms with E-state index >= 15 is 0 Å². The van der Waals surface area contributed by atoms with Crippen LogP contribution in [0.3, 0.4) is 0 Å². The van der Waals surface area contributed by atoms with Crippen LogP contribution >= 0.6 is 35.6 Å². The van der Waals surface area contributed by atoms with E-state index in [9.17, 15) is 0 Å². The van der Waals surface area contributed by atoms with E-state index in [1.165, 1.54) is 11.9 Å². The van der Waals surface area contributed by atoms with Crippen LogP contribution in [-0.4, -0.2) is 36.3 Å². The van der Waals surface area contributed by atoms with Gasteiger partial charge in [0, 0.05) is 11.3 Å². The van der Waals surface area contributed by atoms with Crippen molar-refractivity contribution in [1.82, 2.24) is 19.7 Å². The second kappa shape index (κ2) is 11.0. The van der Waals surface area contributed by atoms with Crippen LogP contribution in [-0.2, 0) is 0 Å². The molecule has 0 saturated heterocycles. The Kier molecular flexibility index (Phi) is 9.78. The Morgan fingerprint density at radius 2 is 1.87 bits per heavy atom. The standard InChI is InChI=1S/C19H26ClN6OS2.2Cm/c1-12(22-13-8-7-9-15(23-13)29-26-18(2,3)4)16-17(20)24-14(10-21-16)25-19(5,6)11-28-27;;/h7-10,26-27H,1,5,11H2,2-4,6H3,(H,22,23)(H,24,25);;/q-1;;. The maximum atomic E-state index is 9.03. The van der Waals surface area contributed by atoms with Crippen LogP contribution < -0.4 is 15.4 Å². The van der Waals surface area contributed by atoms with Gasteiger partial charge in [0.25, 0.3) is 0 Å². The number of aromatic nitrogens is 3. The van der Waals surface area contributed by atoms with Crippen molar-refractivity contribution in [2.45, 2.75) is 43.8 Å². The molecule has 1 atom stereocenters. The summed E-state index contributed by atoms with van der Waals surface area (Å²) in [4.78, 5) is 13.2. The number of hydrogen-bond acceptors (Lipinski definition) is 9. The summed E-state index contributed by atoms with van der Waals surface area (Å²) in [6.45, 7) is 16.1. The fourth-order valence-corrected chi connectivity index (χ4v) is 3.39. The van der Waals surface area contributed by atoms with Crippen molar-refractivity contribution in [1.29, 1.82) is 0 Å². The first-order valence-corrected chi connectivity index (χ1v) is 10.9. The number of halogens is 1. The second-order valence-electron chi connectivity index (χ2n) is 7.77.